The van der Waals surface area contributed by atoms with Crippen LogP contribution in [0.2, 0.25) is 0 Å². The fraction of sp³-hybridized carbons (Fsp3) is 0.438. The molecule has 1 aliphatic heterocycles. The van der Waals surface area contributed by atoms with Gasteiger partial charge in [0, 0.05) is 5.21 Å². The van der Waals surface area contributed by atoms with E-state index in [1.807, 2.05) is 0 Å². The van der Waals surface area contributed by atoms with Crippen LogP contribution in [0.4, 0.5) is 0 Å². The van der Waals surface area contributed by atoms with Crippen molar-refractivity contribution < 1.29 is 14.7 Å². The molecular formula is C16H19N2O3. The first-order valence-electron chi connectivity index (χ1n) is 6.72. The Bertz CT molecular complexity index is 609. The largest absolute Gasteiger partial charge is 0.714 e. The third-order valence-corrected chi connectivity index (χ3v) is 4.33. The van der Waals surface area contributed by atoms with Crippen LogP contribution in [0.3, 0.4) is 0 Å². The molecule has 0 spiro atoms. The van der Waals surface area contributed by atoms with Gasteiger partial charge in [0.2, 0.25) is 0 Å². The van der Waals surface area contributed by atoms with Gasteiger partial charge in [-0.05, 0) is 52.0 Å². The van der Waals surface area contributed by atoms with E-state index in [0.717, 1.165) is 9.80 Å². The second kappa shape index (κ2) is 4.97. The van der Waals surface area contributed by atoms with Crippen molar-refractivity contribution in [3.8, 4) is 18.1 Å². The van der Waals surface area contributed by atoms with Crippen LogP contribution >= 0.6 is 0 Å². The van der Waals surface area contributed by atoms with E-state index < -0.39 is 11.1 Å². The Labute approximate surface area is 125 Å². The summed E-state index contributed by atoms with van der Waals surface area (Å²) in [6, 6.07) is 6.77. The highest BCUT2D eigenvalue weighted by molar-refractivity contribution is 5.96. The lowest BCUT2D eigenvalue weighted by Gasteiger charge is -2.32. The first-order chi connectivity index (χ1) is 9.73. The molecule has 0 fully saturated rings. The molecule has 1 radical (unpaired) electrons. The van der Waals surface area contributed by atoms with E-state index in [9.17, 15) is 10.4 Å². The number of hydrogen-bond acceptors (Lipinski definition) is 3. The Morgan fingerprint density at radius 1 is 1.29 bits per heavy atom. The highest BCUT2D eigenvalue weighted by atomic mass is 16.5. The molecular weight excluding hydrogens is 268 g/mol. The molecule has 5 nitrogen and oxygen atoms in total. The molecule has 0 aliphatic carbocycles. The molecule has 0 saturated carbocycles. The lowest BCUT2D eigenvalue weighted by molar-refractivity contribution is -0.539. The van der Waals surface area contributed by atoms with Gasteiger partial charge in [-0.2, -0.15) is 0 Å². The number of hydrogen-bond donors (Lipinski definition) is 0. The van der Waals surface area contributed by atoms with Crippen LogP contribution in [0, 0.1) is 17.6 Å². The first-order valence-corrected chi connectivity index (χ1v) is 6.72. The average Bonchev–Trinajstić information content (AvgIpc) is 2.56. The maximum absolute atomic E-state index is 12.5. The van der Waals surface area contributed by atoms with Crippen molar-refractivity contribution in [2.45, 2.75) is 38.8 Å². The Kier molecular flexibility index (Phi) is 3.60. The van der Waals surface area contributed by atoms with Crippen LogP contribution in [0.1, 0.15) is 33.3 Å². The quantitative estimate of drug-likeness (QED) is 0.486. The van der Waals surface area contributed by atoms with Gasteiger partial charge in [-0.3, -0.25) is 4.74 Å². The molecule has 111 valence electrons. The van der Waals surface area contributed by atoms with E-state index in [2.05, 4.69) is 5.92 Å². The van der Waals surface area contributed by atoms with Gasteiger partial charge in [0.1, 0.15) is 17.9 Å². The summed E-state index contributed by atoms with van der Waals surface area (Å²) in [7, 11) is 0. The molecule has 0 aromatic heterocycles. The van der Waals surface area contributed by atoms with Crippen LogP contribution in [0.5, 0.6) is 5.75 Å². The molecule has 0 amide bonds. The summed E-state index contributed by atoms with van der Waals surface area (Å²) in [6.07, 6.45) is 5.13. The fourth-order valence-corrected chi connectivity index (χ4v) is 2.17. The predicted molar refractivity (Wildman–Crippen MR) is 79.2 cm³/mol. The van der Waals surface area contributed by atoms with Crippen molar-refractivity contribution in [2.24, 2.45) is 0 Å². The van der Waals surface area contributed by atoms with Crippen LogP contribution in [0.25, 0.3) is 0 Å². The molecule has 0 unspecified atom stereocenters. The zero-order valence-electron chi connectivity index (χ0n) is 12.7. The zero-order chi connectivity index (χ0) is 15.8. The van der Waals surface area contributed by atoms with E-state index >= 15 is 0 Å². The molecule has 2 rings (SSSR count). The maximum Gasteiger partial charge on any atom is 0.316 e. The van der Waals surface area contributed by atoms with Crippen LogP contribution < -0.4 is 4.74 Å². The molecule has 0 bridgehead atoms. The lowest BCUT2D eigenvalue weighted by atomic mass is 9.84. The highest BCUT2D eigenvalue weighted by Gasteiger charge is 2.59. The van der Waals surface area contributed by atoms with E-state index in [-0.39, 0.29) is 12.4 Å². The van der Waals surface area contributed by atoms with Gasteiger partial charge in [0.15, 0.2) is 5.54 Å². The SMILES string of the molecule is C#CCOc1ccc(C2=[N+]([O-])C(C)(C)C(C)(C)N2[O])cc1. The molecule has 1 aliphatic rings. The normalized spacial score (nSPS) is 19.5. The van der Waals surface area contributed by atoms with Crippen molar-refractivity contribution in [1.29, 1.82) is 0 Å². The van der Waals surface area contributed by atoms with Crippen LogP contribution in [-0.2, 0) is 5.21 Å². The van der Waals surface area contributed by atoms with Crippen molar-refractivity contribution in [3.63, 3.8) is 0 Å². The Morgan fingerprint density at radius 3 is 2.29 bits per heavy atom. The van der Waals surface area contributed by atoms with Gasteiger partial charge in [-0.25, -0.2) is 0 Å². The minimum atomic E-state index is -0.817. The second-order valence-electron chi connectivity index (χ2n) is 6.05. The Morgan fingerprint density at radius 2 is 1.86 bits per heavy atom. The molecule has 0 saturated heterocycles. The summed E-state index contributed by atoms with van der Waals surface area (Å²) in [5, 5.41) is 25.8. The average molecular weight is 287 g/mol. The fourth-order valence-electron chi connectivity index (χ4n) is 2.17. The molecule has 1 aromatic carbocycles. The van der Waals surface area contributed by atoms with Crippen LogP contribution in [-0.4, -0.2) is 33.3 Å². The number of ether oxygens (including phenoxy) is 1. The lowest BCUT2D eigenvalue weighted by Crippen LogP contribution is -2.53. The minimum Gasteiger partial charge on any atom is -0.714 e. The molecule has 21 heavy (non-hydrogen) atoms. The van der Waals surface area contributed by atoms with Crippen molar-refractivity contribution >= 4 is 5.84 Å². The number of amidine groups is 1. The Hall–Kier alpha value is -2.19. The molecule has 0 N–H and O–H groups in total. The topological polar surface area (TPSA) is 58.4 Å². The zero-order valence-corrected chi connectivity index (χ0v) is 12.7. The van der Waals surface area contributed by atoms with Crippen LogP contribution in [0.15, 0.2) is 24.3 Å². The first kappa shape index (κ1) is 15.2. The summed E-state index contributed by atoms with van der Waals surface area (Å²) < 4.78 is 6.07. The monoisotopic (exact) mass is 287 g/mol. The number of nitrogens with zero attached hydrogens (tertiary/aromatic N) is 2. The van der Waals surface area contributed by atoms with Gasteiger partial charge >= 0.3 is 5.84 Å². The summed E-state index contributed by atoms with van der Waals surface area (Å²) >= 11 is 0. The number of benzene rings is 1. The van der Waals surface area contributed by atoms with E-state index in [1.54, 1.807) is 52.0 Å². The molecule has 5 heteroatoms. The highest BCUT2D eigenvalue weighted by Crippen LogP contribution is 2.37. The smallest absolute Gasteiger partial charge is 0.316 e. The van der Waals surface area contributed by atoms with Gasteiger partial charge < -0.3 is 9.94 Å². The van der Waals surface area contributed by atoms with Gasteiger partial charge in [0.05, 0.1) is 5.56 Å². The number of rotatable bonds is 3. The van der Waals surface area contributed by atoms with Gasteiger partial charge in [0.25, 0.3) is 0 Å². The second-order valence-corrected chi connectivity index (χ2v) is 6.05. The Balaban J connectivity index is 2.38. The third-order valence-electron chi connectivity index (χ3n) is 4.33. The van der Waals surface area contributed by atoms with Gasteiger partial charge in [-0.15, -0.1) is 6.42 Å². The summed E-state index contributed by atoms with van der Waals surface area (Å²) in [5.41, 5.74) is -1.07. The number of terminal acetylenes is 1. The van der Waals surface area contributed by atoms with Crippen molar-refractivity contribution in [1.82, 2.24) is 5.06 Å². The molecule has 1 heterocycles. The van der Waals surface area contributed by atoms with Gasteiger partial charge in [-0.1, -0.05) is 11.0 Å². The molecule has 1 aromatic rings. The standard InChI is InChI=1S/C16H19N2O3/c1-6-11-21-13-9-7-12(8-10-13)14-17(19)15(2,3)16(4,5)18(14)20/h1,7-10H,11H2,2-5H3. The summed E-state index contributed by atoms with van der Waals surface area (Å²) in [5.74, 6) is 3.10. The summed E-state index contributed by atoms with van der Waals surface area (Å²) in [6.45, 7) is 7.24. The van der Waals surface area contributed by atoms with E-state index in [1.165, 1.54) is 0 Å². The summed E-state index contributed by atoms with van der Waals surface area (Å²) in [4.78, 5) is 0. The van der Waals surface area contributed by atoms with E-state index in [4.69, 9.17) is 11.2 Å². The maximum atomic E-state index is 12.5. The van der Waals surface area contributed by atoms with Crippen molar-refractivity contribution in [3.05, 3.63) is 35.0 Å². The predicted octanol–water partition coefficient (Wildman–Crippen LogP) is 2.17. The minimum absolute atomic E-state index is 0.119. The molecule has 0 atom stereocenters. The van der Waals surface area contributed by atoms with E-state index in [0.29, 0.717) is 11.3 Å². The third kappa shape index (κ3) is 2.22. The number of hydroxylamine groups is 3. The van der Waals surface area contributed by atoms with Crippen molar-refractivity contribution in [2.75, 3.05) is 6.61 Å².